The highest BCUT2D eigenvalue weighted by molar-refractivity contribution is 6.42. The van der Waals surface area contributed by atoms with Crippen LogP contribution in [-0.4, -0.2) is 11.0 Å². The number of hydrogen-bond donors (Lipinski definition) is 2. The molecular weight excluding hydrogens is 335 g/mol. The van der Waals surface area contributed by atoms with Gasteiger partial charge in [0.2, 0.25) is 0 Å². The van der Waals surface area contributed by atoms with Crippen molar-refractivity contribution in [3.8, 4) is 5.75 Å². The van der Waals surface area contributed by atoms with E-state index in [0.717, 1.165) is 5.56 Å². The molecule has 110 valence electrons. The second-order valence-corrected chi connectivity index (χ2v) is 5.41. The van der Waals surface area contributed by atoms with Gasteiger partial charge in [-0.3, -0.25) is 0 Å². The summed E-state index contributed by atoms with van der Waals surface area (Å²) in [4.78, 5) is 0. The van der Waals surface area contributed by atoms with E-state index in [1.165, 1.54) is 0 Å². The molecule has 0 atom stereocenters. The van der Waals surface area contributed by atoms with Crippen LogP contribution in [0.15, 0.2) is 41.6 Å². The van der Waals surface area contributed by atoms with Crippen LogP contribution in [-0.2, 0) is 6.61 Å². The summed E-state index contributed by atoms with van der Waals surface area (Å²) < 4.78 is 5.66. The van der Waals surface area contributed by atoms with Crippen molar-refractivity contribution in [3.63, 3.8) is 0 Å². The summed E-state index contributed by atoms with van der Waals surface area (Å²) in [6.45, 7) is 0.239. The SMILES string of the molecule is N/C(=N/O)c1ccc(Cl)cc1OCc1ccc(Cl)c(Cl)c1. The number of benzene rings is 2. The molecule has 0 aliphatic carbocycles. The van der Waals surface area contributed by atoms with E-state index in [0.29, 0.717) is 26.4 Å². The molecule has 0 bridgehead atoms. The highest BCUT2D eigenvalue weighted by Gasteiger charge is 2.10. The zero-order valence-corrected chi connectivity index (χ0v) is 13.0. The molecule has 0 saturated carbocycles. The van der Waals surface area contributed by atoms with Gasteiger partial charge in [0.25, 0.3) is 0 Å². The first-order valence-electron chi connectivity index (χ1n) is 5.85. The quantitative estimate of drug-likeness (QED) is 0.375. The van der Waals surface area contributed by atoms with E-state index in [2.05, 4.69) is 5.16 Å². The molecule has 0 aromatic heterocycles. The smallest absolute Gasteiger partial charge is 0.173 e. The monoisotopic (exact) mass is 344 g/mol. The number of amidine groups is 1. The minimum atomic E-state index is -0.0594. The Labute approximate surface area is 136 Å². The van der Waals surface area contributed by atoms with Gasteiger partial charge in [-0.1, -0.05) is 46.0 Å². The second-order valence-electron chi connectivity index (χ2n) is 4.16. The van der Waals surface area contributed by atoms with Crippen LogP contribution < -0.4 is 10.5 Å². The molecule has 0 aliphatic rings. The number of oxime groups is 1. The second kappa shape index (κ2) is 6.89. The third-order valence-corrected chi connectivity index (χ3v) is 3.68. The minimum Gasteiger partial charge on any atom is -0.488 e. The summed E-state index contributed by atoms with van der Waals surface area (Å²) in [5.74, 6) is 0.347. The summed E-state index contributed by atoms with van der Waals surface area (Å²) >= 11 is 17.7. The Balaban J connectivity index is 2.22. The summed E-state index contributed by atoms with van der Waals surface area (Å²) in [5.41, 5.74) is 6.87. The average Bonchev–Trinajstić information content (AvgIpc) is 2.48. The predicted octanol–water partition coefficient (Wildman–Crippen LogP) is 4.32. The van der Waals surface area contributed by atoms with Crippen molar-refractivity contribution in [2.45, 2.75) is 6.61 Å². The molecule has 0 fully saturated rings. The first-order valence-corrected chi connectivity index (χ1v) is 6.99. The lowest BCUT2D eigenvalue weighted by atomic mass is 10.2. The number of hydrogen-bond acceptors (Lipinski definition) is 3. The summed E-state index contributed by atoms with van der Waals surface area (Å²) in [6, 6.07) is 10.0. The predicted molar refractivity (Wildman–Crippen MR) is 84.8 cm³/mol. The third kappa shape index (κ3) is 3.94. The van der Waals surface area contributed by atoms with Gasteiger partial charge in [-0.05, 0) is 35.9 Å². The van der Waals surface area contributed by atoms with E-state index in [9.17, 15) is 0 Å². The van der Waals surface area contributed by atoms with E-state index in [1.54, 1.807) is 36.4 Å². The van der Waals surface area contributed by atoms with Crippen LogP contribution in [0.1, 0.15) is 11.1 Å². The molecule has 4 nitrogen and oxygen atoms in total. The Bertz CT molecular complexity index is 690. The van der Waals surface area contributed by atoms with Crippen LogP contribution in [0.3, 0.4) is 0 Å². The van der Waals surface area contributed by atoms with Gasteiger partial charge in [0, 0.05) is 5.02 Å². The van der Waals surface area contributed by atoms with Crippen molar-refractivity contribution < 1.29 is 9.94 Å². The maximum Gasteiger partial charge on any atom is 0.173 e. The fourth-order valence-electron chi connectivity index (χ4n) is 1.67. The van der Waals surface area contributed by atoms with Crippen LogP contribution in [0, 0.1) is 0 Å². The molecule has 21 heavy (non-hydrogen) atoms. The third-order valence-electron chi connectivity index (χ3n) is 2.71. The molecule has 7 heteroatoms. The molecule has 2 rings (SSSR count). The number of nitrogens with zero attached hydrogens (tertiary/aromatic N) is 1. The standard InChI is InChI=1S/C14H11Cl3N2O2/c15-9-2-3-10(14(18)19-20)13(6-9)21-7-8-1-4-11(16)12(17)5-8/h1-6,20H,7H2,(H2,18,19). The molecule has 0 saturated heterocycles. The molecule has 2 aromatic carbocycles. The van der Waals surface area contributed by atoms with Gasteiger partial charge in [0.05, 0.1) is 15.6 Å². The fraction of sp³-hybridized carbons (Fsp3) is 0.0714. The lowest BCUT2D eigenvalue weighted by molar-refractivity contribution is 0.303. The lowest BCUT2D eigenvalue weighted by Gasteiger charge is -2.11. The van der Waals surface area contributed by atoms with Crippen LogP contribution in [0.2, 0.25) is 15.1 Å². The van der Waals surface area contributed by atoms with E-state index in [-0.39, 0.29) is 12.4 Å². The van der Waals surface area contributed by atoms with Crippen LogP contribution in [0.25, 0.3) is 0 Å². The largest absolute Gasteiger partial charge is 0.488 e. The zero-order valence-electron chi connectivity index (χ0n) is 10.7. The van der Waals surface area contributed by atoms with Gasteiger partial charge in [-0.25, -0.2) is 0 Å². The molecule has 0 aliphatic heterocycles. The molecule has 3 N–H and O–H groups in total. The van der Waals surface area contributed by atoms with Crippen molar-refractivity contribution in [3.05, 3.63) is 62.6 Å². The van der Waals surface area contributed by atoms with Crippen molar-refractivity contribution >= 4 is 40.6 Å². The van der Waals surface area contributed by atoms with Crippen molar-refractivity contribution in [2.24, 2.45) is 10.9 Å². The first-order chi connectivity index (χ1) is 10.0. The molecular formula is C14H11Cl3N2O2. The molecule has 0 unspecified atom stereocenters. The molecule has 0 heterocycles. The average molecular weight is 346 g/mol. The summed E-state index contributed by atoms with van der Waals surface area (Å²) in [5, 5.41) is 13.1. The maximum atomic E-state index is 8.78. The first kappa shape index (κ1) is 15.8. The Morgan fingerprint density at radius 3 is 2.52 bits per heavy atom. The number of ether oxygens (including phenoxy) is 1. The minimum absolute atomic E-state index is 0.0594. The highest BCUT2D eigenvalue weighted by atomic mass is 35.5. The lowest BCUT2D eigenvalue weighted by Crippen LogP contribution is -2.14. The van der Waals surface area contributed by atoms with Gasteiger partial charge >= 0.3 is 0 Å². The van der Waals surface area contributed by atoms with E-state index >= 15 is 0 Å². The number of halogens is 3. The maximum absolute atomic E-state index is 8.78. The van der Waals surface area contributed by atoms with E-state index in [4.69, 9.17) is 50.5 Å². The van der Waals surface area contributed by atoms with Gasteiger partial charge in [-0.15, -0.1) is 0 Å². The molecule has 0 amide bonds. The van der Waals surface area contributed by atoms with Gasteiger partial charge in [-0.2, -0.15) is 0 Å². The highest BCUT2D eigenvalue weighted by Crippen LogP contribution is 2.26. The van der Waals surface area contributed by atoms with Gasteiger partial charge in [0.15, 0.2) is 5.84 Å². The topological polar surface area (TPSA) is 67.8 Å². The summed E-state index contributed by atoms with van der Waals surface area (Å²) in [7, 11) is 0. The number of nitrogens with two attached hydrogens (primary N) is 1. The summed E-state index contributed by atoms with van der Waals surface area (Å²) in [6.07, 6.45) is 0. The molecule has 0 radical (unpaired) electrons. The Kier molecular flexibility index (Phi) is 5.17. The molecule has 2 aromatic rings. The zero-order chi connectivity index (χ0) is 15.4. The Morgan fingerprint density at radius 1 is 1.10 bits per heavy atom. The van der Waals surface area contributed by atoms with E-state index in [1.807, 2.05) is 0 Å². The normalized spacial score (nSPS) is 11.5. The van der Waals surface area contributed by atoms with Crippen molar-refractivity contribution in [1.82, 2.24) is 0 Å². The van der Waals surface area contributed by atoms with E-state index < -0.39 is 0 Å². The Hall–Kier alpha value is -1.62. The van der Waals surface area contributed by atoms with Crippen LogP contribution in [0.4, 0.5) is 0 Å². The fourth-order valence-corrected chi connectivity index (χ4v) is 2.15. The van der Waals surface area contributed by atoms with Gasteiger partial charge in [0.1, 0.15) is 12.4 Å². The van der Waals surface area contributed by atoms with Gasteiger partial charge < -0.3 is 15.7 Å². The number of rotatable bonds is 4. The van der Waals surface area contributed by atoms with Crippen LogP contribution >= 0.6 is 34.8 Å². The van der Waals surface area contributed by atoms with Crippen molar-refractivity contribution in [2.75, 3.05) is 0 Å². The molecule has 0 spiro atoms. The van der Waals surface area contributed by atoms with Crippen molar-refractivity contribution in [1.29, 1.82) is 0 Å². The van der Waals surface area contributed by atoms with Crippen LogP contribution in [0.5, 0.6) is 5.75 Å². The Morgan fingerprint density at radius 2 is 1.86 bits per heavy atom.